The number of ether oxygens (including phenoxy) is 1. The molecule has 2 amide bonds. The molecule has 2 aliphatic rings. The van der Waals surface area contributed by atoms with Crippen molar-refractivity contribution in [1.29, 1.82) is 0 Å². The molecule has 1 aromatic carbocycles. The first-order chi connectivity index (χ1) is 11.9. The lowest BCUT2D eigenvalue weighted by Gasteiger charge is -2.45. The van der Waals surface area contributed by atoms with Crippen molar-refractivity contribution in [3.8, 4) is 0 Å². The molecule has 1 N–H and O–H groups in total. The summed E-state index contributed by atoms with van der Waals surface area (Å²) in [6.45, 7) is 6.70. The molecule has 25 heavy (non-hydrogen) atoms. The number of carbonyl (C=O) groups is 2. The topological polar surface area (TPSA) is 61.9 Å². The maximum Gasteiger partial charge on any atom is 0.239 e. The number of rotatable bonds is 3. The summed E-state index contributed by atoms with van der Waals surface area (Å²) < 4.78 is 6.02. The van der Waals surface area contributed by atoms with E-state index < -0.39 is 0 Å². The summed E-state index contributed by atoms with van der Waals surface area (Å²) in [6, 6.07) is 7.63. The van der Waals surface area contributed by atoms with Crippen LogP contribution in [0.4, 0.5) is 0 Å². The lowest BCUT2D eigenvalue weighted by Crippen LogP contribution is -2.58. The fourth-order valence-corrected chi connectivity index (χ4v) is 3.47. The number of hydrogen-bond donors (Lipinski definition) is 1. The van der Waals surface area contributed by atoms with Gasteiger partial charge in [-0.15, -0.1) is 0 Å². The van der Waals surface area contributed by atoms with Crippen molar-refractivity contribution in [2.75, 3.05) is 39.3 Å². The smallest absolute Gasteiger partial charge is 0.239 e. The first kappa shape index (κ1) is 18.2. The van der Waals surface area contributed by atoms with E-state index in [-0.39, 0.29) is 36.5 Å². The summed E-state index contributed by atoms with van der Waals surface area (Å²) >= 11 is 6.30. The molecule has 136 valence electrons. The Bertz CT molecular complexity index is 665. The SMILES string of the molecule is CC1(C)CO[C@H](c2ccccc2Cl)CN1CC(=O)N1CCNC(=O)C1. The fourth-order valence-electron chi connectivity index (χ4n) is 3.21. The third-order valence-corrected chi connectivity index (χ3v) is 5.19. The van der Waals surface area contributed by atoms with Crippen molar-refractivity contribution in [2.24, 2.45) is 0 Å². The van der Waals surface area contributed by atoms with Gasteiger partial charge in [-0.1, -0.05) is 29.8 Å². The lowest BCUT2D eigenvalue weighted by molar-refractivity contribution is -0.146. The largest absolute Gasteiger partial charge is 0.370 e. The van der Waals surface area contributed by atoms with Gasteiger partial charge in [0, 0.05) is 35.8 Å². The van der Waals surface area contributed by atoms with Crippen LogP contribution in [0.1, 0.15) is 25.5 Å². The van der Waals surface area contributed by atoms with Crippen LogP contribution < -0.4 is 5.32 Å². The number of nitrogens with one attached hydrogen (secondary N) is 1. The van der Waals surface area contributed by atoms with E-state index in [0.717, 1.165) is 5.56 Å². The maximum atomic E-state index is 12.6. The highest BCUT2D eigenvalue weighted by Crippen LogP contribution is 2.33. The predicted molar refractivity (Wildman–Crippen MR) is 95.4 cm³/mol. The molecular weight excluding hydrogens is 342 g/mol. The monoisotopic (exact) mass is 365 g/mol. The minimum absolute atomic E-state index is 0.0252. The van der Waals surface area contributed by atoms with Crippen molar-refractivity contribution in [3.63, 3.8) is 0 Å². The van der Waals surface area contributed by atoms with Crippen LogP contribution in [-0.2, 0) is 14.3 Å². The van der Waals surface area contributed by atoms with E-state index in [1.807, 2.05) is 24.3 Å². The summed E-state index contributed by atoms with van der Waals surface area (Å²) in [4.78, 5) is 27.9. The summed E-state index contributed by atoms with van der Waals surface area (Å²) in [5.41, 5.74) is 0.681. The Kier molecular flexibility index (Phi) is 5.32. The van der Waals surface area contributed by atoms with Crippen LogP contribution in [0.3, 0.4) is 0 Å². The molecule has 0 unspecified atom stereocenters. The summed E-state index contributed by atoms with van der Waals surface area (Å²) in [5.74, 6) is -0.127. The van der Waals surface area contributed by atoms with Crippen LogP contribution in [0.2, 0.25) is 5.02 Å². The highest BCUT2D eigenvalue weighted by Gasteiger charge is 2.38. The quantitative estimate of drug-likeness (QED) is 0.880. The van der Waals surface area contributed by atoms with Crippen molar-refractivity contribution in [1.82, 2.24) is 15.1 Å². The molecular formula is C18H24ClN3O3. The van der Waals surface area contributed by atoms with Crippen molar-refractivity contribution in [2.45, 2.75) is 25.5 Å². The number of carbonyl (C=O) groups excluding carboxylic acids is 2. The second-order valence-electron chi connectivity index (χ2n) is 7.18. The third kappa shape index (κ3) is 4.14. The standard InChI is InChI=1S/C18H24ClN3O3/c1-18(2)12-25-15(13-5-3-4-6-14(13)19)9-22(18)11-17(24)21-8-7-20-16(23)10-21/h3-6,15H,7-12H2,1-2H3,(H,20,23)/t15-/m0/s1. The van der Waals surface area contributed by atoms with Gasteiger partial charge in [0.1, 0.15) is 0 Å². The molecule has 7 heteroatoms. The molecule has 2 aliphatic heterocycles. The Morgan fingerprint density at radius 2 is 2.16 bits per heavy atom. The van der Waals surface area contributed by atoms with E-state index in [1.54, 1.807) is 4.90 Å². The van der Waals surface area contributed by atoms with Gasteiger partial charge < -0.3 is 15.0 Å². The van der Waals surface area contributed by atoms with E-state index in [1.165, 1.54) is 0 Å². The summed E-state index contributed by atoms with van der Waals surface area (Å²) in [5, 5.41) is 3.41. The fraction of sp³-hybridized carbons (Fsp3) is 0.556. The van der Waals surface area contributed by atoms with Gasteiger partial charge in [0.15, 0.2) is 0 Å². The van der Waals surface area contributed by atoms with Gasteiger partial charge >= 0.3 is 0 Å². The predicted octanol–water partition coefficient (Wildman–Crippen LogP) is 1.45. The number of benzene rings is 1. The second-order valence-corrected chi connectivity index (χ2v) is 7.59. The van der Waals surface area contributed by atoms with Gasteiger partial charge in [-0.3, -0.25) is 14.5 Å². The molecule has 2 heterocycles. The Labute approximate surface area is 153 Å². The normalized spacial score (nSPS) is 24.0. The van der Waals surface area contributed by atoms with Crippen LogP contribution >= 0.6 is 11.6 Å². The molecule has 1 aromatic rings. The molecule has 2 saturated heterocycles. The average molecular weight is 366 g/mol. The Morgan fingerprint density at radius 1 is 1.40 bits per heavy atom. The van der Waals surface area contributed by atoms with Gasteiger partial charge in [0.25, 0.3) is 0 Å². The highest BCUT2D eigenvalue weighted by molar-refractivity contribution is 6.31. The van der Waals surface area contributed by atoms with Crippen LogP contribution in [0.15, 0.2) is 24.3 Å². The average Bonchev–Trinajstić information content (AvgIpc) is 2.57. The zero-order valence-corrected chi connectivity index (χ0v) is 15.4. The number of piperazine rings is 1. The van der Waals surface area contributed by atoms with Crippen LogP contribution in [0.5, 0.6) is 0 Å². The van der Waals surface area contributed by atoms with Gasteiger partial charge in [-0.05, 0) is 19.9 Å². The van der Waals surface area contributed by atoms with Crippen molar-refractivity contribution >= 4 is 23.4 Å². The lowest BCUT2D eigenvalue weighted by atomic mass is 9.98. The van der Waals surface area contributed by atoms with E-state index in [4.69, 9.17) is 16.3 Å². The molecule has 3 rings (SSSR count). The van der Waals surface area contributed by atoms with Crippen molar-refractivity contribution in [3.05, 3.63) is 34.9 Å². The Balaban J connectivity index is 1.70. The molecule has 0 spiro atoms. The summed E-state index contributed by atoms with van der Waals surface area (Å²) in [7, 11) is 0. The molecule has 0 bridgehead atoms. The molecule has 0 saturated carbocycles. The molecule has 2 fully saturated rings. The molecule has 0 radical (unpaired) electrons. The number of amides is 2. The zero-order valence-electron chi connectivity index (χ0n) is 14.6. The van der Waals surface area contributed by atoms with Gasteiger partial charge in [0.05, 0.1) is 25.8 Å². The minimum atomic E-state index is -0.258. The van der Waals surface area contributed by atoms with E-state index in [0.29, 0.717) is 31.3 Å². The van der Waals surface area contributed by atoms with Gasteiger partial charge in [-0.25, -0.2) is 0 Å². The third-order valence-electron chi connectivity index (χ3n) is 4.85. The van der Waals surface area contributed by atoms with Gasteiger partial charge in [0.2, 0.25) is 11.8 Å². The van der Waals surface area contributed by atoms with Gasteiger partial charge in [-0.2, -0.15) is 0 Å². The molecule has 0 aliphatic carbocycles. The molecule has 0 aromatic heterocycles. The minimum Gasteiger partial charge on any atom is -0.370 e. The first-order valence-electron chi connectivity index (χ1n) is 8.52. The van der Waals surface area contributed by atoms with E-state index in [9.17, 15) is 9.59 Å². The van der Waals surface area contributed by atoms with E-state index in [2.05, 4.69) is 24.1 Å². The Hall–Kier alpha value is -1.63. The number of hydrogen-bond acceptors (Lipinski definition) is 4. The first-order valence-corrected chi connectivity index (χ1v) is 8.90. The van der Waals surface area contributed by atoms with Crippen molar-refractivity contribution < 1.29 is 14.3 Å². The van der Waals surface area contributed by atoms with Crippen LogP contribution in [-0.4, -0.2) is 66.5 Å². The molecule has 1 atom stereocenters. The van der Waals surface area contributed by atoms with Crippen LogP contribution in [0.25, 0.3) is 0 Å². The number of morpholine rings is 1. The number of nitrogens with zero attached hydrogens (tertiary/aromatic N) is 2. The zero-order chi connectivity index (χ0) is 18.0. The summed E-state index contributed by atoms with van der Waals surface area (Å²) in [6.07, 6.45) is -0.167. The number of halogens is 1. The Morgan fingerprint density at radius 3 is 2.88 bits per heavy atom. The van der Waals surface area contributed by atoms with E-state index >= 15 is 0 Å². The highest BCUT2D eigenvalue weighted by atomic mass is 35.5. The maximum absolute atomic E-state index is 12.6. The van der Waals surface area contributed by atoms with Crippen LogP contribution in [0, 0.1) is 0 Å². The molecule has 6 nitrogen and oxygen atoms in total. The second kappa shape index (κ2) is 7.32.